The number of aromatic nitrogens is 1. The fourth-order valence-electron chi connectivity index (χ4n) is 3.04. The molecule has 25 heavy (non-hydrogen) atoms. The van der Waals surface area contributed by atoms with Gasteiger partial charge in [0, 0.05) is 26.1 Å². The molecule has 2 heterocycles. The molecule has 0 radical (unpaired) electrons. The van der Waals surface area contributed by atoms with Gasteiger partial charge in [-0.15, -0.1) is 0 Å². The molecule has 0 spiro atoms. The van der Waals surface area contributed by atoms with E-state index in [1.165, 1.54) is 11.1 Å². The fourth-order valence-corrected chi connectivity index (χ4v) is 3.04. The third-order valence-corrected chi connectivity index (χ3v) is 4.48. The molecule has 2 aromatic rings. The average molecular weight is 340 g/mol. The molecule has 6 heteroatoms. The monoisotopic (exact) mass is 340 g/mol. The van der Waals surface area contributed by atoms with Gasteiger partial charge in [-0.3, -0.25) is 4.90 Å². The van der Waals surface area contributed by atoms with Crippen molar-refractivity contribution in [2.24, 2.45) is 0 Å². The number of nitrogens with zero attached hydrogens (tertiary/aromatic N) is 3. The van der Waals surface area contributed by atoms with Crippen LogP contribution >= 0.6 is 0 Å². The van der Waals surface area contributed by atoms with Gasteiger partial charge < -0.3 is 14.5 Å². The second kappa shape index (κ2) is 8.15. The van der Waals surface area contributed by atoms with Crippen LogP contribution in [0.3, 0.4) is 0 Å². The van der Waals surface area contributed by atoms with Crippen molar-refractivity contribution < 1.29 is 9.15 Å². The number of oxazole rings is 1. The Morgan fingerprint density at radius 2 is 2.00 bits per heavy atom. The topological polar surface area (TPSA) is 74.3 Å². The number of ether oxygens (including phenoxy) is 1. The average Bonchev–Trinajstić information content (AvgIpc) is 3.06. The molecule has 132 valence electrons. The summed E-state index contributed by atoms with van der Waals surface area (Å²) in [5.41, 5.74) is 2.81. The molecule has 1 aromatic carbocycles. The third-order valence-electron chi connectivity index (χ3n) is 4.48. The van der Waals surface area contributed by atoms with Gasteiger partial charge >= 0.3 is 0 Å². The molecule has 1 atom stereocenters. The van der Waals surface area contributed by atoms with Crippen molar-refractivity contribution >= 4 is 5.88 Å². The van der Waals surface area contributed by atoms with Crippen molar-refractivity contribution in [2.75, 3.05) is 38.2 Å². The largest absolute Gasteiger partial charge is 0.424 e. The van der Waals surface area contributed by atoms with E-state index in [2.05, 4.69) is 52.5 Å². The summed E-state index contributed by atoms with van der Waals surface area (Å²) in [6.07, 6.45) is 0.668. The summed E-state index contributed by atoms with van der Waals surface area (Å²) in [5, 5.41) is 12.5. The summed E-state index contributed by atoms with van der Waals surface area (Å²) in [5.74, 6) is 1.04. The van der Waals surface area contributed by atoms with Gasteiger partial charge in [0.15, 0.2) is 5.89 Å². The van der Waals surface area contributed by atoms with Gasteiger partial charge in [0.2, 0.25) is 11.6 Å². The highest BCUT2D eigenvalue weighted by molar-refractivity contribution is 5.45. The van der Waals surface area contributed by atoms with E-state index >= 15 is 0 Å². The first-order valence-electron chi connectivity index (χ1n) is 8.73. The van der Waals surface area contributed by atoms with Gasteiger partial charge in [-0.25, -0.2) is 4.98 Å². The van der Waals surface area contributed by atoms with Crippen molar-refractivity contribution in [3.8, 4) is 6.07 Å². The number of morpholine rings is 1. The van der Waals surface area contributed by atoms with E-state index in [0.717, 1.165) is 26.3 Å². The Kier molecular flexibility index (Phi) is 5.69. The molecule has 1 aliphatic rings. The number of hydrogen-bond donors (Lipinski definition) is 1. The summed E-state index contributed by atoms with van der Waals surface area (Å²) in [4.78, 5) is 6.61. The second-order valence-electron chi connectivity index (χ2n) is 6.21. The maximum Gasteiger partial charge on any atom is 0.232 e. The summed E-state index contributed by atoms with van der Waals surface area (Å²) in [6, 6.07) is 10.9. The fraction of sp³-hybridized carbons (Fsp3) is 0.474. The Bertz CT molecular complexity index is 727. The normalized spacial score (nSPS) is 16.4. The number of aryl methyl sites for hydroxylation is 2. The van der Waals surface area contributed by atoms with Crippen LogP contribution in [0.15, 0.2) is 28.7 Å². The van der Waals surface area contributed by atoms with E-state index in [-0.39, 0.29) is 6.04 Å². The smallest absolute Gasteiger partial charge is 0.232 e. The van der Waals surface area contributed by atoms with E-state index < -0.39 is 0 Å². The molecule has 3 rings (SSSR count). The van der Waals surface area contributed by atoms with Crippen LogP contribution in [0, 0.1) is 18.3 Å². The standard InChI is InChI=1S/C19H24N4O2/c1-3-18-22-16(12-20)19(25-18)21-13-17(23-8-10-24-11-9-23)15-6-4-14(2)5-7-15/h4-7,17,21H,3,8-11,13H2,1-2H3. The lowest BCUT2D eigenvalue weighted by Crippen LogP contribution is -2.41. The molecule has 0 amide bonds. The van der Waals surface area contributed by atoms with E-state index in [1.54, 1.807) is 0 Å². The van der Waals surface area contributed by atoms with Gasteiger partial charge in [-0.1, -0.05) is 36.8 Å². The summed E-state index contributed by atoms with van der Waals surface area (Å²) in [7, 11) is 0. The molecule has 1 N–H and O–H groups in total. The van der Waals surface area contributed by atoms with Crippen molar-refractivity contribution in [2.45, 2.75) is 26.3 Å². The maximum absolute atomic E-state index is 9.25. The van der Waals surface area contributed by atoms with E-state index in [0.29, 0.717) is 30.4 Å². The Hall–Kier alpha value is -2.36. The SMILES string of the molecule is CCc1nc(C#N)c(NCC(c2ccc(C)cc2)N2CCOCC2)o1. The number of nitriles is 1. The Morgan fingerprint density at radius 3 is 2.64 bits per heavy atom. The van der Waals surface area contributed by atoms with E-state index in [9.17, 15) is 5.26 Å². The van der Waals surface area contributed by atoms with Crippen LogP contribution in [0.5, 0.6) is 0 Å². The third kappa shape index (κ3) is 4.19. The zero-order valence-electron chi connectivity index (χ0n) is 14.8. The molecule has 0 aliphatic carbocycles. The van der Waals surface area contributed by atoms with Crippen molar-refractivity contribution in [3.05, 3.63) is 47.0 Å². The lowest BCUT2D eigenvalue weighted by molar-refractivity contribution is 0.0186. The van der Waals surface area contributed by atoms with Gasteiger partial charge in [0.05, 0.1) is 19.3 Å². The number of benzene rings is 1. The zero-order chi connectivity index (χ0) is 17.6. The predicted molar refractivity (Wildman–Crippen MR) is 95.4 cm³/mol. The van der Waals surface area contributed by atoms with Crippen molar-refractivity contribution in [3.63, 3.8) is 0 Å². The van der Waals surface area contributed by atoms with Crippen LogP contribution in [0.2, 0.25) is 0 Å². The minimum Gasteiger partial charge on any atom is -0.424 e. The molecule has 6 nitrogen and oxygen atoms in total. The molecule has 0 saturated carbocycles. The van der Waals surface area contributed by atoms with Crippen LogP contribution in [-0.4, -0.2) is 42.7 Å². The number of nitrogens with one attached hydrogen (secondary N) is 1. The summed E-state index contributed by atoms with van der Waals surface area (Å²) < 4.78 is 11.1. The second-order valence-corrected chi connectivity index (χ2v) is 6.21. The van der Waals surface area contributed by atoms with Crippen LogP contribution < -0.4 is 5.32 Å². The molecule has 1 aromatic heterocycles. The first kappa shape index (κ1) is 17.5. The summed E-state index contributed by atoms with van der Waals surface area (Å²) >= 11 is 0. The molecule has 1 aliphatic heterocycles. The number of anilines is 1. The van der Waals surface area contributed by atoms with E-state index in [1.807, 2.05) is 6.92 Å². The highest BCUT2D eigenvalue weighted by Gasteiger charge is 2.23. The van der Waals surface area contributed by atoms with Crippen LogP contribution in [-0.2, 0) is 11.2 Å². The molecular weight excluding hydrogens is 316 g/mol. The van der Waals surface area contributed by atoms with Crippen LogP contribution in [0.1, 0.15) is 35.7 Å². The predicted octanol–water partition coefficient (Wildman–Crippen LogP) is 2.90. The first-order valence-corrected chi connectivity index (χ1v) is 8.73. The molecular formula is C19H24N4O2. The Morgan fingerprint density at radius 1 is 1.28 bits per heavy atom. The van der Waals surface area contributed by atoms with Gasteiger partial charge in [-0.2, -0.15) is 5.26 Å². The van der Waals surface area contributed by atoms with E-state index in [4.69, 9.17) is 9.15 Å². The minimum absolute atomic E-state index is 0.186. The number of rotatable bonds is 6. The summed E-state index contributed by atoms with van der Waals surface area (Å²) in [6.45, 7) is 7.97. The lowest BCUT2D eigenvalue weighted by Gasteiger charge is -2.35. The lowest BCUT2D eigenvalue weighted by atomic mass is 10.0. The van der Waals surface area contributed by atoms with Gasteiger partial charge in [-0.05, 0) is 12.5 Å². The Labute approximate surface area is 148 Å². The molecule has 0 bridgehead atoms. The van der Waals surface area contributed by atoms with Crippen molar-refractivity contribution in [1.82, 2.24) is 9.88 Å². The van der Waals surface area contributed by atoms with Gasteiger partial charge in [0.25, 0.3) is 0 Å². The Balaban J connectivity index is 1.79. The highest BCUT2D eigenvalue weighted by atomic mass is 16.5. The number of hydrogen-bond acceptors (Lipinski definition) is 6. The molecule has 1 saturated heterocycles. The highest BCUT2D eigenvalue weighted by Crippen LogP contribution is 2.25. The zero-order valence-corrected chi connectivity index (χ0v) is 14.8. The maximum atomic E-state index is 9.25. The quantitative estimate of drug-likeness (QED) is 0.871. The van der Waals surface area contributed by atoms with Crippen LogP contribution in [0.4, 0.5) is 5.88 Å². The van der Waals surface area contributed by atoms with Crippen LogP contribution in [0.25, 0.3) is 0 Å². The first-order chi connectivity index (χ1) is 12.2. The molecule has 1 unspecified atom stereocenters. The molecule has 1 fully saturated rings. The van der Waals surface area contributed by atoms with Gasteiger partial charge in [0.1, 0.15) is 6.07 Å². The van der Waals surface area contributed by atoms with Crippen molar-refractivity contribution in [1.29, 1.82) is 5.26 Å². The minimum atomic E-state index is 0.186.